The van der Waals surface area contributed by atoms with Crippen LogP contribution in [0.2, 0.25) is 0 Å². The van der Waals surface area contributed by atoms with E-state index in [1.54, 1.807) is 0 Å². The van der Waals surface area contributed by atoms with Crippen molar-refractivity contribution in [3.63, 3.8) is 0 Å². The highest BCUT2D eigenvalue weighted by atomic mass is 16.5. The zero-order chi connectivity index (χ0) is 10.2. The number of aryl methyl sites for hydroxylation is 1. The van der Waals surface area contributed by atoms with E-state index in [1.807, 2.05) is 0 Å². The van der Waals surface area contributed by atoms with Crippen LogP contribution in [-0.4, -0.2) is 12.1 Å². The van der Waals surface area contributed by atoms with Gasteiger partial charge in [0.1, 0.15) is 11.4 Å². The number of hydrogen-bond acceptors (Lipinski definition) is 2. The van der Waals surface area contributed by atoms with E-state index in [9.17, 15) is 0 Å². The molecule has 0 aromatic heterocycles. The fraction of sp³-hybridized carbons (Fsp3) is 0.500. The molecule has 1 N–H and O–H groups in total. The molecule has 0 fully saturated rings. The van der Waals surface area contributed by atoms with Crippen molar-refractivity contribution in [2.24, 2.45) is 0 Å². The van der Waals surface area contributed by atoms with Crippen LogP contribution >= 0.6 is 0 Å². The molecule has 1 heterocycles. The molecular weight excluding hydrogens is 174 g/mol. The van der Waals surface area contributed by atoms with E-state index in [0.29, 0.717) is 0 Å². The summed E-state index contributed by atoms with van der Waals surface area (Å²) in [6, 6.07) is 6.21. The normalized spacial score (nSPS) is 24.8. The average molecular weight is 191 g/mol. The van der Waals surface area contributed by atoms with Gasteiger partial charge in [-0.1, -0.05) is 19.1 Å². The van der Waals surface area contributed by atoms with Crippen molar-refractivity contribution in [1.29, 1.82) is 0 Å². The predicted molar refractivity (Wildman–Crippen MR) is 59.0 cm³/mol. The van der Waals surface area contributed by atoms with Gasteiger partial charge in [0.2, 0.25) is 0 Å². The smallest absolute Gasteiger partial charge is 0.146 e. The van der Waals surface area contributed by atoms with Gasteiger partial charge in [0, 0.05) is 0 Å². The number of para-hydroxylation sites is 1. The number of hydrogen-bond donors (Lipinski definition) is 1. The molecule has 1 aliphatic rings. The van der Waals surface area contributed by atoms with E-state index < -0.39 is 0 Å². The first-order valence-corrected chi connectivity index (χ1v) is 5.17. The molecule has 1 aromatic rings. The quantitative estimate of drug-likeness (QED) is 0.736. The highest BCUT2D eigenvalue weighted by Crippen LogP contribution is 2.36. The van der Waals surface area contributed by atoms with Crippen LogP contribution < -0.4 is 10.1 Å². The second-order valence-electron chi connectivity index (χ2n) is 4.21. The lowest BCUT2D eigenvalue weighted by Gasteiger charge is -2.36. The van der Waals surface area contributed by atoms with Crippen LogP contribution in [0, 0.1) is 6.92 Å². The molecule has 2 nitrogen and oxygen atoms in total. The summed E-state index contributed by atoms with van der Waals surface area (Å²) in [5, 5.41) is 3.42. The Balaban J connectivity index is 2.38. The first-order valence-electron chi connectivity index (χ1n) is 5.17. The van der Waals surface area contributed by atoms with Gasteiger partial charge in [-0.05, 0) is 31.9 Å². The summed E-state index contributed by atoms with van der Waals surface area (Å²) in [4.78, 5) is 0. The number of anilines is 1. The van der Waals surface area contributed by atoms with Crippen molar-refractivity contribution >= 4 is 5.69 Å². The van der Waals surface area contributed by atoms with E-state index in [0.717, 1.165) is 24.4 Å². The van der Waals surface area contributed by atoms with E-state index in [4.69, 9.17) is 4.74 Å². The number of benzene rings is 1. The van der Waals surface area contributed by atoms with Gasteiger partial charge in [0.15, 0.2) is 0 Å². The third kappa shape index (κ3) is 1.45. The van der Waals surface area contributed by atoms with Crippen molar-refractivity contribution in [3.05, 3.63) is 23.8 Å². The molecule has 0 radical (unpaired) electrons. The third-order valence-electron chi connectivity index (χ3n) is 2.96. The summed E-state index contributed by atoms with van der Waals surface area (Å²) in [5.74, 6) is 1.02. The van der Waals surface area contributed by atoms with Gasteiger partial charge in [-0.15, -0.1) is 0 Å². The molecule has 1 aliphatic heterocycles. The molecule has 14 heavy (non-hydrogen) atoms. The topological polar surface area (TPSA) is 21.3 Å². The maximum Gasteiger partial charge on any atom is 0.146 e. The molecule has 0 saturated carbocycles. The maximum absolute atomic E-state index is 6.04. The Hall–Kier alpha value is -1.18. The minimum atomic E-state index is -0.0564. The average Bonchev–Trinajstić information content (AvgIpc) is 2.20. The van der Waals surface area contributed by atoms with Gasteiger partial charge in [0.05, 0.1) is 12.2 Å². The van der Waals surface area contributed by atoms with Gasteiger partial charge in [0.25, 0.3) is 0 Å². The van der Waals surface area contributed by atoms with E-state index >= 15 is 0 Å². The van der Waals surface area contributed by atoms with Gasteiger partial charge in [-0.3, -0.25) is 0 Å². The Bertz CT molecular complexity index is 348. The van der Waals surface area contributed by atoms with Crippen molar-refractivity contribution in [3.8, 4) is 5.75 Å². The van der Waals surface area contributed by atoms with Crippen molar-refractivity contribution in [1.82, 2.24) is 0 Å². The van der Waals surface area contributed by atoms with Crippen molar-refractivity contribution in [2.45, 2.75) is 32.8 Å². The standard InChI is InChI=1S/C12H17NO/c1-4-12(3)8-13-10-7-5-6-9(2)11(10)14-12/h5-7,13H,4,8H2,1-3H3. The van der Waals surface area contributed by atoms with Crippen LogP contribution in [0.1, 0.15) is 25.8 Å². The van der Waals surface area contributed by atoms with Gasteiger partial charge < -0.3 is 10.1 Å². The lowest BCUT2D eigenvalue weighted by molar-refractivity contribution is 0.0902. The molecule has 1 unspecified atom stereocenters. The van der Waals surface area contributed by atoms with E-state index in [-0.39, 0.29) is 5.60 Å². The Kier molecular flexibility index (Phi) is 2.14. The molecule has 76 valence electrons. The highest BCUT2D eigenvalue weighted by molar-refractivity contribution is 5.61. The Morgan fingerprint density at radius 3 is 3.00 bits per heavy atom. The van der Waals surface area contributed by atoms with E-state index in [1.165, 1.54) is 5.56 Å². The van der Waals surface area contributed by atoms with E-state index in [2.05, 4.69) is 44.3 Å². The zero-order valence-corrected chi connectivity index (χ0v) is 9.05. The lowest BCUT2D eigenvalue weighted by Crippen LogP contribution is -2.42. The number of rotatable bonds is 1. The number of fused-ring (bicyclic) bond motifs is 1. The second-order valence-corrected chi connectivity index (χ2v) is 4.21. The summed E-state index contributed by atoms with van der Waals surface area (Å²) in [6.45, 7) is 7.28. The number of nitrogens with one attached hydrogen (secondary N) is 1. The predicted octanol–water partition coefficient (Wildman–Crippen LogP) is 2.97. The van der Waals surface area contributed by atoms with Crippen LogP contribution in [0.4, 0.5) is 5.69 Å². The summed E-state index contributed by atoms with van der Waals surface area (Å²) >= 11 is 0. The largest absolute Gasteiger partial charge is 0.483 e. The first-order chi connectivity index (χ1) is 6.64. The summed E-state index contributed by atoms with van der Waals surface area (Å²) in [6.07, 6.45) is 1.02. The molecule has 0 spiro atoms. The molecular formula is C12H17NO. The van der Waals surface area contributed by atoms with Crippen LogP contribution in [-0.2, 0) is 0 Å². The molecule has 2 heteroatoms. The highest BCUT2D eigenvalue weighted by Gasteiger charge is 2.29. The molecule has 2 rings (SSSR count). The summed E-state index contributed by atoms with van der Waals surface area (Å²) < 4.78 is 6.04. The van der Waals surface area contributed by atoms with Crippen LogP contribution in [0.3, 0.4) is 0 Å². The minimum Gasteiger partial charge on any atom is -0.483 e. The molecule has 0 bridgehead atoms. The minimum absolute atomic E-state index is 0.0564. The maximum atomic E-state index is 6.04. The molecule has 0 aliphatic carbocycles. The second kappa shape index (κ2) is 3.19. The molecule has 1 atom stereocenters. The SMILES string of the molecule is CCC1(C)CNc2cccc(C)c2O1. The van der Waals surface area contributed by atoms with Crippen LogP contribution in [0.25, 0.3) is 0 Å². The van der Waals surface area contributed by atoms with Gasteiger partial charge >= 0.3 is 0 Å². The Morgan fingerprint density at radius 1 is 1.50 bits per heavy atom. The molecule has 0 saturated heterocycles. The summed E-state index contributed by atoms with van der Waals surface area (Å²) in [5.41, 5.74) is 2.27. The van der Waals surface area contributed by atoms with Crippen LogP contribution in [0.5, 0.6) is 5.75 Å². The van der Waals surface area contributed by atoms with Crippen LogP contribution in [0.15, 0.2) is 18.2 Å². The van der Waals surface area contributed by atoms with Gasteiger partial charge in [-0.2, -0.15) is 0 Å². The zero-order valence-electron chi connectivity index (χ0n) is 9.05. The number of ether oxygens (including phenoxy) is 1. The third-order valence-corrected chi connectivity index (χ3v) is 2.96. The Morgan fingerprint density at radius 2 is 2.29 bits per heavy atom. The van der Waals surface area contributed by atoms with Crippen molar-refractivity contribution in [2.75, 3.05) is 11.9 Å². The fourth-order valence-electron chi connectivity index (χ4n) is 1.69. The lowest BCUT2D eigenvalue weighted by atomic mass is 10.0. The fourth-order valence-corrected chi connectivity index (χ4v) is 1.69. The van der Waals surface area contributed by atoms with Gasteiger partial charge in [-0.25, -0.2) is 0 Å². The summed E-state index contributed by atoms with van der Waals surface area (Å²) in [7, 11) is 0. The Labute approximate surface area is 85.3 Å². The first kappa shape index (κ1) is 9.38. The van der Waals surface area contributed by atoms with Crippen molar-refractivity contribution < 1.29 is 4.74 Å². The monoisotopic (exact) mass is 191 g/mol. The molecule has 0 amide bonds. The molecule has 1 aromatic carbocycles.